The molecule has 13 heavy (non-hydrogen) atoms. The van der Waals surface area contributed by atoms with Crippen molar-refractivity contribution in [3.63, 3.8) is 0 Å². The van der Waals surface area contributed by atoms with Crippen LogP contribution < -0.4 is 11.2 Å². The Hall–Kier alpha value is -1.30. The van der Waals surface area contributed by atoms with E-state index in [1.807, 2.05) is 18.7 Å². The summed E-state index contributed by atoms with van der Waals surface area (Å²) < 4.78 is 0. The predicted octanol–water partition coefficient (Wildman–Crippen LogP) is -0.545. The molecule has 0 rings (SSSR count). The van der Waals surface area contributed by atoms with E-state index in [-0.39, 0.29) is 6.54 Å². The van der Waals surface area contributed by atoms with Crippen molar-refractivity contribution in [2.75, 3.05) is 19.6 Å². The first-order valence-electron chi connectivity index (χ1n) is 4.07. The molecule has 0 saturated heterocycles. The third-order valence-corrected chi connectivity index (χ3v) is 1.51. The molecule has 3 N–H and O–H groups in total. The number of hydrogen-bond donors (Lipinski definition) is 2. The first-order chi connectivity index (χ1) is 6.10. The Morgan fingerprint density at radius 3 is 2.31 bits per heavy atom. The first kappa shape index (κ1) is 11.7. The topological polar surface area (TPSA) is 84.7 Å². The molecule has 0 unspecified atom stereocenters. The molecular weight excluding hydrogens is 174 g/mol. The van der Waals surface area contributed by atoms with Crippen LogP contribution in [0.25, 0.3) is 0 Å². The van der Waals surface area contributed by atoms with E-state index >= 15 is 0 Å². The van der Waals surface area contributed by atoms with E-state index in [1.165, 1.54) is 0 Å². The van der Waals surface area contributed by atoms with Crippen molar-refractivity contribution in [2.24, 2.45) is 5.73 Å². The van der Waals surface area contributed by atoms with Gasteiger partial charge in [0, 0.05) is 0 Å². The van der Waals surface area contributed by atoms with Crippen molar-refractivity contribution in [1.82, 2.24) is 10.4 Å². The second-order valence-electron chi connectivity index (χ2n) is 2.40. The summed E-state index contributed by atoms with van der Waals surface area (Å²) in [6, 6.07) is -0.882. The van der Waals surface area contributed by atoms with E-state index in [4.69, 9.17) is 5.73 Å². The van der Waals surface area contributed by atoms with Crippen molar-refractivity contribution >= 4 is 12.0 Å². The summed E-state index contributed by atoms with van der Waals surface area (Å²) in [6.07, 6.45) is 0. The summed E-state index contributed by atoms with van der Waals surface area (Å²) in [5.74, 6) is -0.525. The molecule has 0 aromatic carbocycles. The summed E-state index contributed by atoms with van der Waals surface area (Å²) in [7, 11) is 0. The molecule has 0 bridgehead atoms. The van der Waals surface area contributed by atoms with Gasteiger partial charge in [-0.1, -0.05) is 13.8 Å². The van der Waals surface area contributed by atoms with Crippen molar-refractivity contribution in [3.8, 4) is 0 Å². The van der Waals surface area contributed by atoms with Gasteiger partial charge in [0.25, 0.3) is 0 Å². The quantitative estimate of drug-likeness (QED) is 0.581. The molecule has 0 aliphatic heterocycles. The Bertz CT molecular complexity index is 180. The largest absolute Gasteiger partial charge is 0.349 e. The lowest BCUT2D eigenvalue weighted by atomic mass is 10.5. The second-order valence-corrected chi connectivity index (χ2v) is 2.40. The molecule has 0 aliphatic carbocycles. The lowest BCUT2D eigenvalue weighted by Crippen LogP contribution is -2.37. The van der Waals surface area contributed by atoms with Crippen molar-refractivity contribution < 1.29 is 14.4 Å². The van der Waals surface area contributed by atoms with Crippen molar-refractivity contribution in [3.05, 3.63) is 0 Å². The van der Waals surface area contributed by atoms with Gasteiger partial charge in [-0.2, -0.15) is 5.48 Å². The number of urea groups is 1. The zero-order valence-electron chi connectivity index (χ0n) is 7.87. The number of rotatable bonds is 4. The van der Waals surface area contributed by atoms with Gasteiger partial charge in [0.1, 0.15) is 0 Å². The van der Waals surface area contributed by atoms with Gasteiger partial charge in [0.15, 0.2) is 0 Å². The maximum absolute atomic E-state index is 10.9. The molecule has 0 aliphatic rings. The highest BCUT2D eigenvalue weighted by molar-refractivity contribution is 5.76. The number of hydrogen-bond acceptors (Lipinski definition) is 4. The Morgan fingerprint density at radius 2 is 1.92 bits per heavy atom. The highest BCUT2D eigenvalue weighted by atomic mass is 16.7. The highest BCUT2D eigenvalue weighted by Crippen LogP contribution is 1.87. The Kier molecular flexibility index (Phi) is 5.62. The summed E-state index contributed by atoms with van der Waals surface area (Å²) >= 11 is 0. The van der Waals surface area contributed by atoms with Crippen LogP contribution in [0.2, 0.25) is 0 Å². The normalized spacial score (nSPS) is 9.77. The monoisotopic (exact) mass is 189 g/mol. The number of primary amides is 1. The Balaban J connectivity index is 3.66. The SMILES string of the molecule is CCN(CC)CC(=O)ONC(N)=O. The zero-order chi connectivity index (χ0) is 10.3. The number of nitrogens with one attached hydrogen (secondary N) is 1. The van der Waals surface area contributed by atoms with Gasteiger partial charge in [0.2, 0.25) is 0 Å². The number of carbonyl (C=O) groups excluding carboxylic acids is 2. The predicted molar refractivity (Wildman–Crippen MR) is 46.6 cm³/mol. The fourth-order valence-corrected chi connectivity index (χ4v) is 0.769. The minimum absolute atomic E-state index is 0.146. The maximum Gasteiger partial charge on any atom is 0.346 e. The van der Waals surface area contributed by atoms with Gasteiger partial charge in [-0.05, 0) is 13.1 Å². The van der Waals surface area contributed by atoms with E-state index < -0.39 is 12.0 Å². The maximum atomic E-state index is 10.9. The molecule has 0 atom stereocenters. The van der Waals surface area contributed by atoms with Crippen LogP contribution in [0.4, 0.5) is 4.79 Å². The number of amides is 2. The van der Waals surface area contributed by atoms with E-state index in [1.54, 1.807) is 5.48 Å². The molecule has 2 amide bonds. The number of hydroxylamine groups is 1. The van der Waals surface area contributed by atoms with Crippen LogP contribution in [-0.2, 0) is 9.63 Å². The molecule has 6 nitrogen and oxygen atoms in total. The molecule has 0 heterocycles. The van der Waals surface area contributed by atoms with Crippen molar-refractivity contribution in [2.45, 2.75) is 13.8 Å². The third kappa shape index (κ3) is 5.92. The van der Waals surface area contributed by atoms with Crippen LogP contribution in [0, 0.1) is 0 Å². The van der Waals surface area contributed by atoms with Gasteiger partial charge in [-0.25, -0.2) is 9.59 Å². The Labute approximate surface area is 77.0 Å². The van der Waals surface area contributed by atoms with Gasteiger partial charge >= 0.3 is 12.0 Å². The molecular formula is C7H15N3O3. The van der Waals surface area contributed by atoms with Crippen LogP contribution in [0.3, 0.4) is 0 Å². The highest BCUT2D eigenvalue weighted by Gasteiger charge is 2.08. The second kappa shape index (κ2) is 6.24. The average molecular weight is 189 g/mol. The van der Waals surface area contributed by atoms with Crippen LogP contribution in [0.1, 0.15) is 13.8 Å². The molecule has 0 fully saturated rings. The molecule has 0 spiro atoms. The Morgan fingerprint density at radius 1 is 1.38 bits per heavy atom. The number of nitrogens with zero attached hydrogens (tertiary/aromatic N) is 1. The first-order valence-corrected chi connectivity index (χ1v) is 4.07. The fourth-order valence-electron chi connectivity index (χ4n) is 0.769. The molecule has 0 radical (unpaired) electrons. The van der Waals surface area contributed by atoms with Crippen LogP contribution in [0.5, 0.6) is 0 Å². The van der Waals surface area contributed by atoms with Gasteiger partial charge in [-0.15, -0.1) is 0 Å². The van der Waals surface area contributed by atoms with Gasteiger partial charge < -0.3 is 10.6 Å². The fraction of sp³-hybridized carbons (Fsp3) is 0.714. The lowest BCUT2D eigenvalue weighted by molar-refractivity contribution is -0.149. The number of likely N-dealkylation sites (N-methyl/N-ethyl adjacent to an activating group) is 1. The smallest absolute Gasteiger partial charge is 0.346 e. The van der Waals surface area contributed by atoms with Crippen molar-refractivity contribution in [1.29, 1.82) is 0 Å². The molecule has 0 aromatic rings. The van der Waals surface area contributed by atoms with E-state index in [0.29, 0.717) is 0 Å². The standard InChI is InChI=1S/C7H15N3O3/c1-3-10(4-2)5-6(11)13-9-7(8)12/h3-5H2,1-2H3,(H3,8,9,12). The van der Waals surface area contributed by atoms with Crippen LogP contribution in [0.15, 0.2) is 0 Å². The number of carbonyl (C=O) groups is 2. The van der Waals surface area contributed by atoms with E-state index in [9.17, 15) is 9.59 Å². The average Bonchev–Trinajstić information content (AvgIpc) is 2.10. The zero-order valence-corrected chi connectivity index (χ0v) is 7.87. The lowest BCUT2D eigenvalue weighted by Gasteiger charge is -2.15. The summed E-state index contributed by atoms with van der Waals surface area (Å²) in [5, 5.41) is 0. The summed E-state index contributed by atoms with van der Waals surface area (Å²) in [6.45, 7) is 5.51. The van der Waals surface area contributed by atoms with Gasteiger partial charge in [0.05, 0.1) is 6.54 Å². The van der Waals surface area contributed by atoms with Crippen LogP contribution in [-0.4, -0.2) is 36.5 Å². The molecule has 6 heteroatoms. The van der Waals surface area contributed by atoms with E-state index in [0.717, 1.165) is 13.1 Å². The minimum Gasteiger partial charge on any atom is -0.349 e. The third-order valence-electron chi connectivity index (χ3n) is 1.51. The summed E-state index contributed by atoms with van der Waals surface area (Å²) in [5.41, 5.74) is 6.46. The van der Waals surface area contributed by atoms with Crippen LogP contribution >= 0.6 is 0 Å². The molecule has 76 valence electrons. The summed E-state index contributed by atoms with van der Waals surface area (Å²) in [4.78, 5) is 27.3. The van der Waals surface area contributed by atoms with Gasteiger partial charge in [-0.3, -0.25) is 4.90 Å². The molecule has 0 aromatic heterocycles. The van der Waals surface area contributed by atoms with E-state index in [2.05, 4.69) is 4.84 Å². The minimum atomic E-state index is -0.882. The number of nitrogens with two attached hydrogens (primary N) is 1. The molecule has 0 saturated carbocycles.